The van der Waals surface area contributed by atoms with Crippen LogP contribution in [0.4, 0.5) is 4.39 Å². The summed E-state index contributed by atoms with van der Waals surface area (Å²) < 4.78 is 15.6. The molecule has 158 valence electrons. The molecule has 0 aliphatic carbocycles. The Bertz CT molecular complexity index is 853. The number of nitrogens with zero attached hydrogens (tertiary/aromatic N) is 1. The Balaban J connectivity index is 2.44. The molecule has 0 aliphatic heterocycles. The molecule has 0 unspecified atom stereocenters. The maximum atomic E-state index is 13.4. The first-order valence-electron chi connectivity index (χ1n) is 9.85. The van der Waals surface area contributed by atoms with E-state index >= 15 is 0 Å². The summed E-state index contributed by atoms with van der Waals surface area (Å²) in [7, 11) is 0. The maximum Gasteiger partial charge on any atom is 0.123 e. The second kappa shape index (κ2) is 9.85. The number of rotatable bonds is 9. The number of benzene rings is 1. The van der Waals surface area contributed by atoms with Crippen molar-refractivity contribution in [1.82, 2.24) is 4.57 Å². The first-order chi connectivity index (χ1) is 13.6. The second-order valence-corrected chi connectivity index (χ2v) is 7.90. The van der Waals surface area contributed by atoms with Gasteiger partial charge in [-0.05, 0) is 37.5 Å². The molecule has 29 heavy (non-hydrogen) atoms. The predicted octanol–water partition coefficient (Wildman–Crippen LogP) is 3.26. The Morgan fingerprint density at radius 1 is 1.17 bits per heavy atom. The molecule has 2 N–H and O–H groups in total. The van der Waals surface area contributed by atoms with Crippen LogP contribution in [-0.4, -0.2) is 33.0 Å². The average Bonchev–Trinajstić information content (AvgIpc) is 2.99. The van der Waals surface area contributed by atoms with Crippen molar-refractivity contribution >= 4 is 12.0 Å². The Labute approximate surface area is 171 Å². The highest BCUT2D eigenvalue weighted by atomic mass is 19.1. The van der Waals surface area contributed by atoms with Gasteiger partial charge in [0, 0.05) is 47.9 Å². The van der Waals surface area contributed by atoms with Gasteiger partial charge in [-0.2, -0.15) is 0 Å². The molecule has 0 spiro atoms. The van der Waals surface area contributed by atoms with Crippen molar-refractivity contribution in [3.8, 4) is 11.1 Å². The zero-order valence-corrected chi connectivity index (χ0v) is 17.3. The number of hydrogen-bond donors (Lipinski definition) is 2. The smallest absolute Gasteiger partial charge is 0.123 e. The van der Waals surface area contributed by atoms with Crippen molar-refractivity contribution in [3.63, 3.8) is 0 Å². The van der Waals surface area contributed by atoms with Gasteiger partial charge in [-0.15, -0.1) is 0 Å². The molecule has 2 atom stereocenters. The van der Waals surface area contributed by atoms with E-state index in [9.17, 15) is 24.5 Å². The van der Waals surface area contributed by atoms with Gasteiger partial charge in [0.05, 0.1) is 12.2 Å². The van der Waals surface area contributed by atoms with Crippen molar-refractivity contribution < 1.29 is 24.5 Å². The summed E-state index contributed by atoms with van der Waals surface area (Å²) in [6.07, 6.45) is 2.57. The number of hydrogen-bond acceptors (Lipinski definition) is 4. The van der Waals surface area contributed by atoms with Crippen LogP contribution in [0.2, 0.25) is 0 Å². The zero-order chi connectivity index (χ0) is 21.7. The highest BCUT2D eigenvalue weighted by Gasteiger charge is 2.20. The number of aliphatic hydroxyl groups excluding tert-OH is 2. The highest BCUT2D eigenvalue weighted by molar-refractivity contribution is 5.77. The van der Waals surface area contributed by atoms with Crippen LogP contribution in [0, 0.1) is 5.82 Å². The molecule has 6 heteroatoms. The first-order valence-corrected chi connectivity index (χ1v) is 9.85. The number of carboxylic acid groups (broad SMARTS) is 1. The van der Waals surface area contributed by atoms with E-state index in [2.05, 4.69) is 32.3 Å². The zero-order valence-electron chi connectivity index (χ0n) is 17.3. The molecular weight excluding hydrogens is 373 g/mol. The monoisotopic (exact) mass is 402 g/mol. The van der Waals surface area contributed by atoms with E-state index in [1.165, 1.54) is 12.1 Å². The molecule has 0 radical (unpaired) electrons. The third-order valence-electron chi connectivity index (χ3n) is 4.77. The molecule has 0 amide bonds. The molecule has 0 saturated heterocycles. The van der Waals surface area contributed by atoms with Crippen molar-refractivity contribution in [3.05, 3.63) is 53.6 Å². The largest absolute Gasteiger partial charge is 0.550 e. The van der Waals surface area contributed by atoms with Crippen LogP contribution in [0.1, 0.15) is 63.8 Å². The Morgan fingerprint density at radius 3 is 2.31 bits per heavy atom. The molecule has 0 aliphatic rings. The number of carboxylic acids is 1. The lowest BCUT2D eigenvalue weighted by Gasteiger charge is -2.17. The lowest BCUT2D eigenvalue weighted by Crippen LogP contribution is -2.29. The third kappa shape index (κ3) is 6.02. The summed E-state index contributed by atoms with van der Waals surface area (Å²) in [4.78, 5) is 10.6. The van der Waals surface area contributed by atoms with E-state index in [0.717, 1.165) is 22.4 Å². The Morgan fingerprint density at radius 2 is 1.79 bits per heavy atom. The van der Waals surface area contributed by atoms with Crippen LogP contribution in [0.15, 0.2) is 36.5 Å². The summed E-state index contributed by atoms with van der Waals surface area (Å²) in [5.41, 5.74) is 3.77. The highest BCUT2D eigenvalue weighted by Crippen LogP contribution is 2.35. The topological polar surface area (TPSA) is 85.5 Å². The molecular formula is C23H29FNO4-. The minimum atomic E-state index is -1.36. The first kappa shape index (κ1) is 22.8. The van der Waals surface area contributed by atoms with Crippen molar-refractivity contribution in [2.75, 3.05) is 0 Å². The average molecular weight is 402 g/mol. The van der Waals surface area contributed by atoms with Crippen LogP contribution in [-0.2, 0) is 4.79 Å². The fourth-order valence-corrected chi connectivity index (χ4v) is 3.47. The van der Waals surface area contributed by atoms with Crippen molar-refractivity contribution in [2.24, 2.45) is 0 Å². The molecule has 0 saturated carbocycles. The third-order valence-corrected chi connectivity index (χ3v) is 4.77. The van der Waals surface area contributed by atoms with E-state index in [1.54, 1.807) is 24.3 Å². The second-order valence-electron chi connectivity index (χ2n) is 7.90. The lowest BCUT2D eigenvalue weighted by molar-refractivity contribution is -0.307. The summed E-state index contributed by atoms with van der Waals surface area (Å²) >= 11 is 0. The summed E-state index contributed by atoms with van der Waals surface area (Å²) in [6, 6.07) is 6.47. The molecule has 1 aromatic carbocycles. The van der Waals surface area contributed by atoms with E-state index < -0.39 is 24.6 Å². The van der Waals surface area contributed by atoms with Gasteiger partial charge in [-0.1, -0.05) is 38.1 Å². The van der Waals surface area contributed by atoms with Gasteiger partial charge < -0.3 is 24.7 Å². The molecule has 2 aromatic rings. The van der Waals surface area contributed by atoms with Crippen LogP contribution in [0.3, 0.4) is 0 Å². The minimum absolute atomic E-state index is 0.0989. The fraction of sp³-hybridized carbons (Fsp3) is 0.435. The van der Waals surface area contributed by atoms with Gasteiger partial charge in [0.25, 0.3) is 0 Å². The fourth-order valence-electron chi connectivity index (χ4n) is 3.47. The lowest BCUT2D eigenvalue weighted by atomic mass is 9.97. The molecule has 5 nitrogen and oxygen atoms in total. The molecule has 0 bridgehead atoms. The quantitative estimate of drug-likeness (QED) is 0.674. The van der Waals surface area contributed by atoms with Crippen molar-refractivity contribution in [2.45, 2.75) is 64.7 Å². The van der Waals surface area contributed by atoms with E-state index in [-0.39, 0.29) is 24.2 Å². The number of aliphatic carboxylic acids is 1. The van der Waals surface area contributed by atoms with Gasteiger partial charge >= 0.3 is 0 Å². The van der Waals surface area contributed by atoms with Crippen molar-refractivity contribution in [1.29, 1.82) is 0 Å². The van der Waals surface area contributed by atoms with Crippen LogP contribution >= 0.6 is 0 Å². The molecule has 0 fully saturated rings. The molecule has 1 aromatic heterocycles. The minimum Gasteiger partial charge on any atom is -0.550 e. The summed E-state index contributed by atoms with van der Waals surface area (Å²) in [5.74, 6) is -1.47. The van der Waals surface area contributed by atoms with E-state index in [4.69, 9.17) is 0 Å². The maximum absolute atomic E-state index is 13.4. The molecule has 2 rings (SSSR count). The van der Waals surface area contributed by atoms with Gasteiger partial charge in [-0.25, -0.2) is 4.39 Å². The van der Waals surface area contributed by atoms with E-state index in [0.29, 0.717) is 0 Å². The van der Waals surface area contributed by atoms with Crippen LogP contribution < -0.4 is 5.11 Å². The van der Waals surface area contributed by atoms with Gasteiger partial charge in [0.2, 0.25) is 0 Å². The van der Waals surface area contributed by atoms with Gasteiger partial charge in [-0.3, -0.25) is 0 Å². The standard InChI is InChI=1S/C23H30FNO4/c1-14(2)23-20(10-9-18(26)11-19(27)12-22(28)29)21(13-25(23)15(3)4)16-5-7-17(24)8-6-16/h5-10,13-15,18-19,26-27H,11-12H2,1-4H3,(H,28,29)/p-1/b10-9+/t18-,19-/m1/s1. The van der Waals surface area contributed by atoms with E-state index in [1.807, 2.05) is 6.20 Å². The predicted molar refractivity (Wildman–Crippen MR) is 110 cm³/mol. The number of aliphatic hydroxyl groups is 2. The van der Waals surface area contributed by atoms with Gasteiger partial charge in [0.1, 0.15) is 5.82 Å². The number of halogens is 1. The van der Waals surface area contributed by atoms with Crippen LogP contribution in [0.25, 0.3) is 17.2 Å². The van der Waals surface area contributed by atoms with Crippen LogP contribution in [0.5, 0.6) is 0 Å². The number of aromatic nitrogens is 1. The summed E-state index contributed by atoms with van der Waals surface area (Å²) in [6.45, 7) is 8.33. The van der Waals surface area contributed by atoms with Gasteiger partial charge in [0.15, 0.2) is 0 Å². The number of carbonyl (C=O) groups excluding carboxylic acids is 1. The Hall–Kier alpha value is -2.44. The summed E-state index contributed by atoms with van der Waals surface area (Å²) in [5, 5.41) is 30.5. The normalized spacial score (nSPS) is 14.1. The number of carbonyl (C=O) groups is 1. The Kier molecular flexibility index (Phi) is 7.76. The molecule has 1 heterocycles. The SMILES string of the molecule is CC(C)c1c(/C=C/[C@@H](O)C[C@@H](O)CC(=O)[O-])c(-c2ccc(F)cc2)cn1C(C)C.